The second kappa shape index (κ2) is 12.5. The van der Waals surface area contributed by atoms with Gasteiger partial charge in [-0.15, -0.1) is 35.0 Å². The van der Waals surface area contributed by atoms with Gasteiger partial charge < -0.3 is 25.7 Å². The molecule has 3 heterocycles. The van der Waals surface area contributed by atoms with E-state index >= 15 is 0 Å². The topological polar surface area (TPSA) is 126 Å². The van der Waals surface area contributed by atoms with Gasteiger partial charge in [0.25, 0.3) is 0 Å². The zero-order valence-corrected chi connectivity index (χ0v) is 20.7. The van der Waals surface area contributed by atoms with Gasteiger partial charge in [0, 0.05) is 31.8 Å². The molecule has 2 aromatic heterocycles. The number of ether oxygens (including phenoxy) is 3. The summed E-state index contributed by atoms with van der Waals surface area (Å²) in [5.41, 5.74) is 15.1. The lowest BCUT2D eigenvalue weighted by molar-refractivity contribution is 0.0321. The third-order valence-electron chi connectivity index (χ3n) is 5.64. The minimum Gasteiger partial charge on any atom is -0.493 e. The average molecular weight is 502 g/mol. The van der Waals surface area contributed by atoms with Crippen LogP contribution in [0.3, 0.4) is 0 Å². The fraction of sp³-hybridized carbons (Fsp3) is 0.571. The van der Waals surface area contributed by atoms with Crippen molar-refractivity contribution in [3.8, 4) is 11.5 Å². The number of aromatic nitrogens is 4. The SMILES string of the molecule is COc1cc2nc(C(N)CCCN)c3nnc(C)n3c2cc1OCCN1CCOCC1.Cl.Cl. The number of fused-ring (bicyclic) bond motifs is 3. The third kappa shape index (κ3) is 5.95. The van der Waals surface area contributed by atoms with Crippen molar-refractivity contribution in [1.29, 1.82) is 0 Å². The van der Waals surface area contributed by atoms with Crippen molar-refractivity contribution in [2.24, 2.45) is 11.5 Å². The molecule has 0 bridgehead atoms. The third-order valence-corrected chi connectivity index (χ3v) is 5.64. The highest BCUT2D eigenvalue weighted by Gasteiger charge is 2.20. The minimum absolute atomic E-state index is 0. The van der Waals surface area contributed by atoms with E-state index < -0.39 is 0 Å². The van der Waals surface area contributed by atoms with Crippen LogP contribution in [0.2, 0.25) is 0 Å². The van der Waals surface area contributed by atoms with E-state index in [4.69, 9.17) is 30.7 Å². The molecule has 1 saturated heterocycles. The molecule has 0 radical (unpaired) electrons. The summed E-state index contributed by atoms with van der Waals surface area (Å²) in [7, 11) is 1.63. The summed E-state index contributed by atoms with van der Waals surface area (Å²) in [6, 6.07) is 3.56. The number of aryl methyl sites for hydroxylation is 1. The first-order valence-corrected chi connectivity index (χ1v) is 10.7. The summed E-state index contributed by atoms with van der Waals surface area (Å²) < 4.78 is 19.1. The predicted octanol–water partition coefficient (Wildman–Crippen LogP) is 1.89. The highest BCUT2D eigenvalue weighted by molar-refractivity contribution is 5.85. The first kappa shape index (κ1) is 27.3. The van der Waals surface area contributed by atoms with Crippen LogP contribution in [0, 0.1) is 6.92 Å². The summed E-state index contributed by atoms with van der Waals surface area (Å²) in [5, 5.41) is 8.61. The van der Waals surface area contributed by atoms with E-state index in [1.165, 1.54) is 0 Å². The molecule has 4 N–H and O–H groups in total. The van der Waals surface area contributed by atoms with E-state index in [9.17, 15) is 0 Å². The molecule has 1 atom stereocenters. The van der Waals surface area contributed by atoms with Crippen molar-refractivity contribution in [2.75, 3.05) is 53.1 Å². The molecule has 0 aliphatic carbocycles. The van der Waals surface area contributed by atoms with Crippen LogP contribution >= 0.6 is 24.8 Å². The summed E-state index contributed by atoms with van der Waals surface area (Å²) in [6.07, 6.45) is 1.55. The lowest BCUT2D eigenvalue weighted by Crippen LogP contribution is -2.38. The fourth-order valence-corrected chi connectivity index (χ4v) is 3.91. The molecule has 0 spiro atoms. The molecule has 4 rings (SSSR count). The number of morpholine rings is 1. The molecule has 1 aliphatic rings. The molecule has 10 nitrogen and oxygen atoms in total. The number of methoxy groups -OCH3 is 1. The van der Waals surface area contributed by atoms with Gasteiger partial charge in [0.05, 0.1) is 37.4 Å². The van der Waals surface area contributed by atoms with E-state index in [0.717, 1.165) is 62.5 Å². The zero-order chi connectivity index (χ0) is 21.8. The monoisotopic (exact) mass is 501 g/mol. The Morgan fingerprint density at radius 3 is 2.61 bits per heavy atom. The van der Waals surface area contributed by atoms with Crippen LogP contribution in [-0.4, -0.2) is 77.6 Å². The molecule has 1 aliphatic heterocycles. The van der Waals surface area contributed by atoms with Gasteiger partial charge in [-0.3, -0.25) is 9.30 Å². The van der Waals surface area contributed by atoms with E-state index in [1.54, 1.807) is 7.11 Å². The van der Waals surface area contributed by atoms with Crippen LogP contribution in [0.25, 0.3) is 16.7 Å². The molecule has 0 amide bonds. The highest BCUT2D eigenvalue weighted by Crippen LogP contribution is 2.34. The molecule has 1 unspecified atom stereocenters. The van der Waals surface area contributed by atoms with Crippen LogP contribution in [0.15, 0.2) is 12.1 Å². The summed E-state index contributed by atoms with van der Waals surface area (Å²) >= 11 is 0. The Morgan fingerprint density at radius 2 is 1.91 bits per heavy atom. The second-order valence-electron chi connectivity index (χ2n) is 7.73. The maximum atomic E-state index is 6.42. The molecule has 0 saturated carbocycles. The maximum absolute atomic E-state index is 6.42. The maximum Gasteiger partial charge on any atom is 0.184 e. The molecular formula is C21H33Cl2N7O3. The molecule has 1 aromatic carbocycles. The van der Waals surface area contributed by atoms with E-state index in [2.05, 4.69) is 15.1 Å². The number of halogens is 2. The number of rotatable bonds is 9. The predicted molar refractivity (Wildman–Crippen MR) is 132 cm³/mol. The van der Waals surface area contributed by atoms with Crippen LogP contribution < -0.4 is 20.9 Å². The molecule has 33 heavy (non-hydrogen) atoms. The van der Waals surface area contributed by atoms with Crippen LogP contribution in [0.1, 0.15) is 30.4 Å². The molecule has 1 fully saturated rings. The number of nitrogens with two attached hydrogens (primary N) is 2. The molecular weight excluding hydrogens is 469 g/mol. The lowest BCUT2D eigenvalue weighted by Gasteiger charge is -2.26. The Labute approximate surface area is 205 Å². The van der Waals surface area contributed by atoms with Crippen LogP contribution in [0.5, 0.6) is 11.5 Å². The van der Waals surface area contributed by atoms with Crippen molar-refractivity contribution < 1.29 is 14.2 Å². The summed E-state index contributed by atoms with van der Waals surface area (Å²) in [5.74, 6) is 2.06. The summed E-state index contributed by atoms with van der Waals surface area (Å²) in [6.45, 7) is 7.28. The summed E-state index contributed by atoms with van der Waals surface area (Å²) in [4.78, 5) is 7.16. The van der Waals surface area contributed by atoms with Gasteiger partial charge in [0.1, 0.15) is 18.1 Å². The number of hydrogen-bond donors (Lipinski definition) is 2. The Morgan fingerprint density at radius 1 is 1.15 bits per heavy atom. The standard InChI is InChI=1S/C21H31N7O3.2ClH/c1-14-25-26-21-20(15(23)4-3-5-22)24-16-12-18(29-2)19(13-17(16)28(14)21)31-11-8-27-6-9-30-10-7-27;;/h12-13,15H,3-11,22-23H2,1-2H3;2*1H. The van der Waals surface area contributed by atoms with Crippen molar-refractivity contribution in [3.63, 3.8) is 0 Å². The van der Waals surface area contributed by atoms with Gasteiger partial charge in [-0.25, -0.2) is 4.98 Å². The highest BCUT2D eigenvalue weighted by atomic mass is 35.5. The zero-order valence-electron chi connectivity index (χ0n) is 19.0. The minimum atomic E-state index is -0.269. The lowest BCUT2D eigenvalue weighted by atomic mass is 10.1. The van der Waals surface area contributed by atoms with Gasteiger partial charge >= 0.3 is 0 Å². The molecule has 12 heteroatoms. The van der Waals surface area contributed by atoms with E-state index in [-0.39, 0.29) is 30.9 Å². The van der Waals surface area contributed by atoms with Crippen molar-refractivity contribution in [1.82, 2.24) is 24.5 Å². The second-order valence-corrected chi connectivity index (χ2v) is 7.73. The van der Waals surface area contributed by atoms with Crippen LogP contribution in [0.4, 0.5) is 0 Å². The van der Waals surface area contributed by atoms with E-state index in [0.29, 0.717) is 36.0 Å². The first-order chi connectivity index (χ1) is 15.1. The van der Waals surface area contributed by atoms with Gasteiger partial charge in [-0.1, -0.05) is 0 Å². The van der Waals surface area contributed by atoms with E-state index in [1.807, 2.05) is 23.5 Å². The van der Waals surface area contributed by atoms with Gasteiger partial charge in [0.2, 0.25) is 0 Å². The van der Waals surface area contributed by atoms with Crippen LogP contribution in [-0.2, 0) is 4.74 Å². The van der Waals surface area contributed by atoms with Gasteiger partial charge in [-0.05, 0) is 26.3 Å². The average Bonchev–Trinajstić information content (AvgIpc) is 3.19. The van der Waals surface area contributed by atoms with Gasteiger partial charge in [-0.2, -0.15) is 0 Å². The smallest absolute Gasteiger partial charge is 0.184 e. The number of benzene rings is 1. The van der Waals surface area contributed by atoms with Crippen molar-refractivity contribution in [3.05, 3.63) is 23.7 Å². The molecule has 184 valence electrons. The molecule has 3 aromatic rings. The van der Waals surface area contributed by atoms with Crippen molar-refractivity contribution >= 4 is 41.5 Å². The largest absolute Gasteiger partial charge is 0.493 e. The number of nitrogens with zero attached hydrogens (tertiary/aromatic N) is 5. The number of hydrogen-bond acceptors (Lipinski definition) is 9. The fourth-order valence-electron chi connectivity index (χ4n) is 3.91. The quantitative estimate of drug-likeness (QED) is 0.451. The first-order valence-electron chi connectivity index (χ1n) is 10.7. The van der Waals surface area contributed by atoms with Gasteiger partial charge in [0.15, 0.2) is 17.1 Å². The Bertz CT molecular complexity index is 1040. The normalized spacial score (nSPS) is 15.2. The Kier molecular flexibility index (Phi) is 10.3. The Hall–Kier alpha value is -1.95. The Balaban J connectivity index is 0.00000193. The van der Waals surface area contributed by atoms with Crippen molar-refractivity contribution in [2.45, 2.75) is 25.8 Å².